The molecule has 0 fully saturated rings. The van der Waals surface area contributed by atoms with Crippen LogP contribution in [0.15, 0.2) is 72.0 Å². The van der Waals surface area contributed by atoms with Gasteiger partial charge in [0.15, 0.2) is 0 Å². The maximum Gasteiger partial charge on any atom is 0.275 e. The van der Waals surface area contributed by atoms with Crippen LogP contribution in [-0.2, 0) is 10.0 Å². The lowest BCUT2D eigenvalue weighted by Gasteiger charge is -2.10. The number of sulfonamides is 1. The molecule has 1 aromatic heterocycles. The molecule has 0 aliphatic rings. The van der Waals surface area contributed by atoms with Gasteiger partial charge < -0.3 is 5.32 Å². The third-order valence-electron chi connectivity index (χ3n) is 3.34. The van der Waals surface area contributed by atoms with Crippen LogP contribution in [0.2, 0.25) is 5.02 Å². The summed E-state index contributed by atoms with van der Waals surface area (Å²) in [4.78, 5) is 19.8. The number of halogens is 1. The molecule has 3 aromatic rings. The molecule has 0 unspecified atom stereocenters. The van der Waals surface area contributed by atoms with Gasteiger partial charge in [-0.25, -0.2) is 13.4 Å². The highest BCUT2D eigenvalue weighted by Gasteiger charge is 2.16. The fraction of sp³-hybridized carbons (Fsp3) is 0. The topological polar surface area (TPSA) is 101 Å². The molecular formula is C17H13ClN4O3S. The summed E-state index contributed by atoms with van der Waals surface area (Å²) < 4.78 is 27.3. The number of rotatable bonds is 5. The zero-order valence-electron chi connectivity index (χ0n) is 13.3. The van der Waals surface area contributed by atoms with Crippen molar-refractivity contribution in [2.75, 3.05) is 10.0 Å². The van der Waals surface area contributed by atoms with Crippen molar-refractivity contribution in [3.63, 3.8) is 0 Å². The van der Waals surface area contributed by atoms with Crippen LogP contribution in [0.4, 0.5) is 11.4 Å². The minimum atomic E-state index is -3.80. The lowest BCUT2D eigenvalue weighted by atomic mass is 10.3. The van der Waals surface area contributed by atoms with Crippen LogP contribution in [0.3, 0.4) is 0 Å². The molecule has 0 saturated heterocycles. The molecule has 0 saturated carbocycles. The Labute approximate surface area is 155 Å². The normalized spacial score (nSPS) is 11.0. The third-order valence-corrected chi connectivity index (χ3v) is 5.05. The molecule has 3 rings (SSSR count). The average molecular weight is 389 g/mol. The van der Waals surface area contributed by atoms with Crippen molar-refractivity contribution in [2.24, 2.45) is 0 Å². The van der Waals surface area contributed by atoms with Gasteiger partial charge in [0.2, 0.25) is 0 Å². The number of aromatic nitrogens is 2. The van der Waals surface area contributed by atoms with Crippen molar-refractivity contribution in [1.82, 2.24) is 9.97 Å². The van der Waals surface area contributed by atoms with Crippen LogP contribution >= 0.6 is 11.6 Å². The van der Waals surface area contributed by atoms with E-state index in [1.54, 1.807) is 24.3 Å². The molecule has 0 spiro atoms. The van der Waals surface area contributed by atoms with E-state index in [9.17, 15) is 13.2 Å². The van der Waals surface area contributed by atoms with Crippen molar-refractivity contribution < 1.29 is 13.2 Å². The van der Waals surface area contributed by atoms with E-state index in [2.05, 4.69) is 20.0 Å². The fourth-order valence-electron chi connectivity index (χ4n) is 2.08. The number of carbonyl (C=O) groups is 1. The van der Waals surface area contributed by atoms with Crippen molar-refractivity contribution in [2.45, 2.75) is 4.90 Å². The molecule has 0 aliphatic carbocycles. The lowest BCUT2D eigenvalue weighted by Crippen LogP contribution is -2.15. The molecule has 0 radical (unpaired) electrons. The summed E-state index contributed by atoms with van der Waals surface area (Å²) in [6, 6.07) is 12.3. The molecule has 0 bridgehead atoms. The molecule has 1 amide bonds. The smallest absolute Gasteiger partial charge is 0.275 e. The summed E-state index contributed by atoms with van der Waals surface area (Å²) in [6.07, 6.45) is 4.20. The quantitative estimate of drug-likeness (QED) is 0.699. The summed E-state index contributed by atoms with van der Waals surface area (Å²) in [5.41, 5.74) is 0.871. The van der Waals surface area contributed by atoms with Crippen LogP contribution in [0.25, 0.3) is 0 Å². The second-order valence-corrected chi connectivity index (χ2v) is 7.24. The fourth-order valence-corrected chi connectivity index (χ4v) is 3.40. The van der Waals surface area contributed by atoms with Gasteiger partial charge >= 0.3 is 0 Å². The van der Waals surface area contributed by atoms with Gasteiger partial charge in [-0.2, -0.15) is 0 Å². The number of para-hydroxylation sites is 1. The zero-order chi connectivity index (χ0) is 18.6. The molecule has 2 aromatic carbocycles. The highest BCUT2D eigenvalue weighted by Crippen LogP contribution is 2.24. The molecule has 7 nitrogen and oxygen atoms in total. The summed E-state index contributed by atoms with van der Waals surface area (Å²) in [5, 5.41) is 2.91. The van der Waals surface area contributed by atoms with Gasteiger partial charge in [-0.1, -0.05) is 23.7 Å². The number of carbonyl (C=O) groups excluding carboxylic acids is 1. The molecule has 2 N–H and O–H groups in total. The van der Waals surface area contributed by atoms with Crippen molar-refractivity contribution in [3.05, 3.63) is 77.8 Å². The first kappa shape index (κ1) is 17.8. The highest BCUT2D eigenvalue weighted by atomic mass is 35.5. The van der Waals surface area contributed by atoms with Gasteiger partial charge in [0.05, 0.1) is 21.8 Å². The Kier molecular flexibility index (Phi) is 5.15. The van der Waals surface area contributed by atoms with Gasteiger partial charge in [-0.15, -0.1) is 0 Å². The maximum absolute atomic E-state index is 12.4. The van der Waals surface area contributed by atoms with Crippen LogP contribution < -0.4 is 10.0 Å². The molecule has 1 heterocycles. The van der Waals surface area contributed by atoms with E-state index in [1.165, 1.54) is 42.9 Å². The van der Waals surface area contributed by atoms with E-state index in [-0.39, 0.29) is 16.3 Å². The number of benzene rings is 2. The number of hydrogen-bond acceptors (Lipinski definition) is 5. The van der Waals surface area contributed by atoms with E-state index in [4.69, 9.17) is 11.6 Å². The Bertz CT molecular complexity index is 1030. The Balaban J connectivity index is 1.74. The SMILES string of the molecule is O=C(Nc1ccc(S(=O)(=O)Nc2ccccc2Cl)cc1)c1cnccn1. The Hall–Kier alpha value is -2.97. The monoisotopic (exact) mass is 388 g/mol. The van der Waals surface area contributed by atoms with Crippen molar-refractivity contribution >= 4 is 38.9 Å². The predicted molar refractivity (Wildman–Crippen MR) is 98.7 cm³/mol. The van der Waals surface area contributed by atoms with Crippen molar-refractivity contribution in [1.29, 1.82) is 0 Å². The first-order valence-corrected chi connectivity index (χ1v) is 9.26. The van der Waals surface area contributed by atoms with Crippen LogP contribution in [0.1, 0.15) is 10.5 Å². The summed E-state index contributed by atoms with van der Waals surface area (Å²) in [6.45, 7) is 0. The number of nitrogens with zero attached hydrogens (tertiary/aromatic N) is 2. The number of hydrogen-bond donors (Lipinski definition) is 2. The van der Waals surface area contributed by atoms with Gasteiger partial charge in [-0.05, 0) is 36.4 Å². The third kappa shape index (κ3) is 4.16. The second kappa shape index (κ2) is 7.51. The van der Waals surface area contributed by atoms with E-state index < -0.39 is 15.9 Å². The van der Waals surface area contributed by atoms with Crippen molar-refractivity contribution in [3.8, 4) is 0 Å². The van der Waals surface area contributed by atoms with Gasteiger partial charge in [0.1, 0.15) is 5.69 Å². The Morgan fingerprint density at radius 1 is 1.00 bits per heavy atom. The highest BCUT2D eigenvalue weighted by molar-refractivity contribution is 7.92. The number of anilines is 2. The summed E-state index contributed by atoms with van der Waals surface area (Å²) in [7, 11) is -3.80. The average Bonchev–Trinajstić information content (AvgIpc) is 2.65. The van der Waals surface area contributed by atoms with Gasteiger partial charge in [-0.3, -0.25) is 14.5 Å². The Morgan fingerprint density at radius 3 is 2.38 bits per heavy atom. The first-order chi connectivity index (χ1) is 12.5. The zero-order valence-corrected chi connectivity index (χ0v) is 14.8. The Morgan fingerprint density at radius 2 is 1.73 bits per heavy atom. The summed E-state index contributed by atoms with van der Waals surface area (Å²) >= 11 is 5.97. The maximum atomic E-state index is 12.4. The first-order valence-electron chi connectivity index (χ1n) is 7.40. The molecule has 26 heavy (non-hydrogen) atoms. The molecule has 132 valence electrons. The van der Waals surface area contributed by atoms with E-state index in [0.717, 1.165) is 0 Å². The second-order valence-electron chi connectivity index (χ2n) is 5.15. The number of amides is 1. The largest absolute Gasteiger partial charge is 0.321 e. The lowest BCUT2D eigenvalue weighted by molar-refractivity contribution is 0.102. The minimum absolute atomic E-state index is 0.0370. The molecule has 9 heteroatoms. The van der Waals surface area contributed by atoms with Crippen LogP contribution in [0, 0.1) is 0 Å². The van der Waals surface area contributed by atoms with Gasteiger partial charge in [0, 0.05) is 18.1 Å². The summed E-state index contributed by atoms with van der Waals surface area (Å²) in [5.74, 6) is -0.442. The molecule has 0 atom stereocenters. The standard InChI is InChI=1S/C17H13ClN4O3S/c18-14-3-1-2-4-15(14)22-26(24,25)13-7-5-12(6-8-13)21-17(23)16-11-19-9-10-20-16/h1-11,22H,(H,21,23). The van der Waals surface area contributed by atoms with Crippen LogP contribution in [0.5, 0.6) is 0 Å². The van der Waals surface area contributed by atoms with Gasteiger partial charge in [0.25, 0.3) is 15.9 Å². The van der Waals surface area contributed by atoms with Crippen LogP contribution in [-0.4, -0.2) is 24.3 Å². The van der Waals surface area contributed by atoms with E-state index >= 15 is 0 Å². The van der Waals surface area contributed by atoms with E-state index in [1.807, 2.05) is 0 Å². The van der Waals surface area contributed by atoms with E-state index in [0.29, 0.717) is 10.7 Å². The number of nitrogens with one attached hydrogen (secondary N) is 2. The molecule has 0 aliphatic heterocycles. The predicted octanol–water partition coefficient (Wildman–Crippen LogP) is 3.18. The molecular weight excluding hydrogens is 376 g/mol. The minimum Gasteiger partial charge on any atom is -0.321 e.